The monoisotopic (exact) mass is 502 g/mol. The highest BCUT2D eigenvalue weighted by Crippen LogP contribution is 2.52. The molecule has 0 saturated carbocycles. The van der Waals surface area contributed by atoms with Crippen LogP contribution < -0.4 is 19.7 Å². The van der Waals surface area contributed by atoms with Crippen LogP contribution in [-0.4, -0.2) is 24.7 Å². The summed E-state index contributed by atoms with van der Waals surface area (Å²) in [5, 5.41) is 4.01. The molecule has 0 aliphatic carbocycles. The van der Waals surface area contributed by atoms with E-state index in [4.69, 9.17) is 21.1 Å². The maximum Gasteiger partial charge on any atom is 0.223 e. The Bertz CT molecular complexity index is 1320. The van der Waals surface area contributed by atoms with Gasteiger partial charge in [0.25, 0.3) is 0 Å². The van der Waals surface area contributed by atoms with Crippen LogP contribution in [-0.2, 0) is 16.8 Å². The SMILES string of the molecule is CCOc1cc(C=CC23NC(=O)CCN2c2ccccc2C3(C)C)ccc1OCc1cccc(Cl)c1. The summed E-state index contributed by atoms with van der Waals surface area (Å²) in [5.74, 6) is 1.42. The van der Waals surface area contributed by atoms with Gasteiger partial charge in [0.05, 0.1) is 6.61 Å². The second-order valence-electron chi connectivity index (χ2n) is 9.75. The van der Waals surface area contributed by atoms with Gasteiger partial charge in [-0.1, -0.05) is 67.9 Å². The second-order valence-corrected chi connectivity index (χ2v) is 10.2. The van der Waals surface area contributed by atoms with E-state index in [9.17, 15) is 4.79 Å². The van der Waals surface area contributed by atoms with E-state index in [1.807, 2.05) is 49.4 Å². The summed E-state index contributed by atoms with van der Waals surface area (Å²) < 4.78 is 12.0. The first kappa shape index (κ1) is 24.3. The van der Waals surface area contributed by atoms with E-state index in [-0.39, 0.29) is 11.3 Å². The molecular formula is C30H31ClN2O3. The number of carbonyl (C=O) groups excluding carboxylic acids is 1. The lowest BCUT2D eigenvalue weighted by Gasteiger charge is -2.49. The van der Waals surface area contributed by atoms with Gasteiger partial charge in [-0.3, -0.25) is 4.79 Å². The number of anilines is 1. The van der Waals surface area contributed by atoms with Gasteiger partial charge in [0.2, 0.25) is 5.91 Å². The molecule has 5 nitrogen and oxygen atoms in total. The van der Waals surface area contributed by atoms with Gasteiger partial charge < -0.3 is 19.7 Å². The first-order chi connectivity index (χ1) is 17.3. The number of para-hydroxylation sites is 1. The second kappa shape index (κ2) is 9.55. The zero-order valence-electron chi connectivity index (χ0n) is 20.9. The van der Waals surface area contributed by atoms with E-state index in [0.29, 0.717) is 42.7 Å². The van der Waals surface area contributed by atoms with Crippen LogP contribution in [0.5, 0.6) is 11.5 Å². The molecule has 1 N–H and O–H groups in total. The van der Waals surface area contributed by atoms with Gasteiger partial charge in [0.1, 0.15) is 12.3 Å². The lowest BCUT2D eigenvalue weighted by molar-refractivity contribution is -0.124. The minimum absolute atomic E-state index is 0.0662. The number of fused-ring (bicyclic) bond motifs is 3. The molecule has 6 heteroatoms. The zero-order chi connectivity index (χ0) is 25.3. The zero-order valence-corrected chi connectivity index (χ0v) is 21.6. The quantitative estimate of drug-likeness (QED) is 0.409. The Kier molecular flexibility index (Phi) is 6.44. The third kappa shape index (κ3) is 4.22. The first-order valence-electron chi connectivity index (χ1n) is 12.4. The number of hydrogen-bond acceptors (Lipinski definition) is 4. The molecule has 1 unspecified atom stereocenters. The highest BCUT2D eigenvalue weighted by atomic mass is 35.5. The van der Waals surface area contributed by atoms with Gasteiger partial charge in [-0.2, -0.15) is 0 Å². The van der Waals surface area contributed by atoms with Crippen LogP contribution >= 0.6 is 11.6 Å². The number of benzene rings is 3. The minimum atomic E-state index is -0.653. The maximum absolute atomic E-state index is 12.6. The third-order valence-electron chi connectivity index (χ3n) is 7.21. The molecule has 36 heavy (non-hydrogen) atoms. The van der Waals surface area contributed by atoms with Crippen LogP contribution in [0.2, 0.25) is 5.02 Å². The van der Waals surface area contributed by atoms with Crippen molar-refractivity contribution < 1.29 is 14.3 Å². The molecule has 5 rings (SSSR count). The van der Waals surface area contributed by atoms with Gasteiger partial charge in [-0.05, 0) is 60.0 Å². The number of nitrogens with one attached hydrogen (secondary N) is 1. The number of nitrogens with zero attached hydrogens (tertiary/aromatic N) is 1. The fraction of sp³-hybridized carbons (Fsp3) is 0.300. The Labute approximate surface area is 217 Å². The molecule has 0 aromatic heterocycles. The summed E-state index contributed by atoms with van der Waals surface area (Å²) in [7, 11) is 0. The van der Waals surface area contributed by atoms with Crippen molar-refractivity contribution >= 4 is 29.3 Å². The number of rotatable bonds is 7. The summed E-state index contributed by atoms with van der Waals surface area (Å²) in [5.41, 5.74) is 3.39. The van der Waals surface area contributed by atoms with E-state index in [0.717, 1.165) is 11.1 Å². The average Bonchev–Trinajstić information content (AvgIpc) is 3.06. The molecule has 1 fully saturated rings. The number of ether oxygens (including phenoxy) is 2. The maximum atomic E-state index is 12.6. The van der Waals surface area contributed by atoms with Gasteiger partial charge >= 0.3 is 0 Å². The van der Waals surface area contributed by atoms with Crippen molar-refractivity contribution in [1.82, 2.24) is 5.32 Å². The van der Waals surface area contributed by atoms with Crippen LogP contribution in [0.3, 0.4) is 0 Å². The summed E-state index contributed by atoms with van der Waals surface area (Å²) >= 11 is 6.11. The Morgan fingerprint density at radius 3 is 2.67 bits per heavy atom. The summed E-state index contributed by atoms with van der Waals surface area (Å²) in [6.07, 6.45) is 4.67. The Balaban J connectivity index is 1.45. The van der Waals surface area contributed by atoms with Crippen molar-refractivity contribution in [2.75, 3.05) is 18.1 Å². The highest BCUT2D eigenvalue weighted by Gasteiger charge is 2.57. The predicted molar refractivity (Wildman–Crippen MR) is 145 cm³/mol. The van der Waals surface area contributed by atoms with Crippen LogP contribution in [0, 0.1) is 0 Å². The molecule has 3 aromatic rings. The van der Waals surface area contributed by atoms with E-state index < -0.39 is 5.66 Å². The van der Waals surface area contributed by atoms with E-state index in [1.165, 1.54) is 11.3 Å². The molecule has 1 atom stereocenters. The standard InChI is InChI=1S/C30H31ClN2O3/c1-4-35-27-19-21(12-13-26(27)36-20-22-8-7-9-23(31)18-22)14-16-30-29(2,3)24-10-5-6-11-25(24)33(30)17-15-28(34)32-30/h5-14,16,18-19H,4,15,17,20H2,1-3H3,(H,32,34). The Hall–Kier alpha value is -3.44. The molecule has 0 bridgehead atoms. The molecule has 186 valence electrons. The van der Waals surface area contributed by atoms with Crippen LogP contribution in [0.1, 0.15) is 43.9 Å². The third-order valence-corrected chi connectivity index (χ3v) is 7.44. The minimum Gasteiger partial charge on any atom is -0.490 e. The summed E-state index contributed by atoms with van der Waals surface area (Å²) in [6, 6.07) is 22.0. The van der Waals surface area contributed by atoms with Crippen molar-refractivity contribution in [3.05, 3.63) is 94.5 Å². The van der Waals surface area contributed by atoms with Crippen LogP contribution in [0.25, 0.3) is 6.08 Å². The van der Waals surface area contributed by atoms with Gasteiger partial charge in [0.15, 0.2) is 11.5 Å². The molecule has 1 saturated heterocycles. The topological polar surface area (TPSA) is 50.8 Å². The molecule has 3 aromatic carbocycles. The van der Waals surface area contributed by atoms with Crippen LogP contribution in [0.4, 0.5) is 5.69 Å². The van der Waals surface area contributed by atoms with Crippen molar-refractivity contribution in [3.8, 4) is 11.5 Å². The van der Waals surface area contributed by atoms with Gasteiger partial charge in [0, 0.05) is 29.1 Å². The lowest BCUT2D eigenvalue weighted by atomic mass is 9.74. The smallest absolute Gasteiger partial charge is 0.223 e. The first-order valence-corrected chi connectivity index (χ1v) is 12.7. The largest absolute Gasteiger partial charge is 0.490 e. The van der Waals surface area contributed by atoms with Gasteiger partial charge in [-0.15, -0.1) is 0 Å². The Morgan fingerprint density at radius 2 is 1.86 bits per heavy atom. The lowest BCUT2D eigenvalue weighted by Crippen LogP contribution is -2.68. The van der Waals surface area contributed by atoms with Crippen molar-refractivity contribution in [3.63, 3.8) is 0 Å². The fourth-order valence-electron chi connectivity index (χ4n) is 5.34. The molecule has 2 aliphatic heterocycles. The van der Waals surface area contributed by atoms with E-state index >= 15 is 0 Å². The van der Waals surface area contributed by atoms with Crippen molar-refractivity contribution in [2.45, 2.75) is 44.9 Å². The molecule has 0 radical (unpaired) electrons. The summed E-state index contributed by atoms with van der Waals surface area (Å²) in [6.45, 7) is 7.94. The normalized spacial score (nSPS) is 20.1. The predicted octanol–water partition coefficient (Wildman–Crippen LogP) is 6.34. The molecule has 0 spiro atoms. The number of amides is 1. The van der Waals surface area contributed by atoms with E-state index in [1.54, 1.807) is 0 Å². The molecule has 2 aliphatic rings. The highest BCUT2D eigenvalue weighted by molar-refractivity contribution is 6.30. The number of hydrogen-bond donors (Lipinski definition) is 1. The fourth-order valence-corrected chi connectivity index (χ4v) is 5.55. The number of carbonyl (C=O) groups is 1. The van der Waals surface area contributed by atoms with E-state index in [2.05, 4.69) is 60.5 Å². The van der Waals surface area contributed by atoms with Crippen molar-refractivity contribution in [1.29, 1.82) is 0 Å². The Morgan fingerprint density at radius 1 is 1.03 bits per heavy atom. The number of halogens is 1. The summed E-state index contributed by atoms with van der Waals surface area (Å²) in [4.78, 5) is 15.0. The molecule has 2 heterocycles. The van der Waals surface area contributed by atoms with Crippen LogP contribution in [0.15, 0.2) is 72.8 Å². The van der Waals surface area contributed by atoms with Gasteiger partial charge in [-0.25, -0.2) is 0 Å². The van der Waals surface area contributed by atoms with Crippen molar-refractivity contribution in [2.24, 2.45) is 0 Å². The molecular weight excluding hydrogens is 472 g/mol. The molecule has 1 amide bonds. The average molecular weight is 503 g/mol.